The van der Waals surface area contributed by atoms with E-state index in [1.165, 1.54) is 16.7 Å². The van der Waals surface area contributed by atoms with E-state index in [0.717, 1.165) is 63.2 Å². The predicted molar refractivity (Wildman–Crippen MR) is 187 cm³/mol. The van der Waals surface area contributed by atoms with E-state index in [-0.39, 0.29) is 5.41 Å². The Bertz CT molecular complexity index is 1980. The maximum absolute atomic E-state index is 5.03. The maximum Gasteiger partial charge on any atom is 0.160 e. The fraction of sp³-hybridized carbons (Fsp3) is 0.119. The van der Waals surface area contributed by atoms with Gasteiger partial charge in [0.05, 0.1) is 16.9 Å². The zero-order valence-electron chi connectivity index (χ0n) is 25.7. The van der Waals surface area contributed by atoms with E-state index >= 15 is 0 Å². The molecule has 0 spiro atoms. The number of para-hydroxylation sites is 1. The van der Waals surface area contributed by atoms with E-state index in [1.807, 2.05) is 36.5 Å². The third-order valence-electron chi connectivity index (χ3n) is 9.15. The van der Waals surface area contributed by atoms with Crippen LogP contribution in [0.5, 0.6) is 0 Å². The molecular formula is C42H35N3. The molecule has 5 aromatic carbocycles. The van der Waals surface area contributed by atoms with Gasteiger partial charge in [-0.2, -0.15) is 0 Å². The Morgan fingerprint density at radius 1 is 0.489 bits per heavy atom. The molecule has 2 heterocycles. The average molecular weight is 582 g/mol. The van der Waals surface area contributed by atoms with Crippen molar-refractivity contribution in [2.24, 2.45) is 0 Å². The molecule has 45 heavy (non-hydrogen) atoms. The van der Waals surface area contributed by atoms with Gasteiger partial charge < -0.3 is 0 Å². The van der Waals surface area contributed by atoms with Crippen molar-refractivity contribution >= 4 is 10.9 Å². The molecule has 0 saturated carbocycles. The highest BCUT2D eigenvalue weighted by Gasteiger charge is 2.30. The number of pyridine rings is 1. The number of hydrogen-bond donors (Lipinski definition) is 0. The summed E-state index contributed by atoms with van der Waals surface area (Å²) in [5, 5.41) is 1.16. The predicted octanol–water partition coefficient (Wildman–Crippen LogP) is 10.8. The number of aromatic nitrogens is 3. The SMILES string of the molecule is CCC(CC)(c1ccc(-c2cc(-c3ccccc3)nc(-c3ccccc3)n2)cc1)c1ccc(-c2cccc3cccnc23)cc1. The van der Waals surface area contributed by atoms with Crippen molar-refractivity contribution in [3.05, 3.63) is 163 Å². The van der Waals surface area contributed by atoms with Gasteiger partial charge in [0.1, 0.15) is 0 Å². The normalized spacial score (nSPS) is 11.5. The second-order valence-electron chi connectivity index (χ2n) is 11.5. The van der Waals surface area contributed by atoms with Crippen molar-refractivity contribution in [1.29, 1.82) is 0 Å². The average Bonchev–Trinajstić information content (AvgIpc) is 3.13. The molecule has 0 amide bonds. The van der Waals surface area contributed by atoms with Gasteiger partial charge in [-0.05, 0) is 41.7 Å². The Kier molecular flexibility index (Phi) is 7.75. The minimum atomic E-state index is -0.0931. The molecule has 0 aliphatic carbocycles. The maximum atomic E-state index is 5.03. The molecule has 218 valence electrons. The fourth-order valence-electron chi connectivity index (χ4n) is 6.57. The monoisotopic (exact) mass is 581 g/mol. The molecule has 0 radical (unpaired) electrons. The third kappa shape index (κ3) is 5.42. The molecule has 0 aliphatic heterocycles. The molecule has 7 rings (SSSR count). The van der Waals surface area contributed by atoms with Gasteiger partial charge >= 0.3 is 0 Å². The second-order valence-corrected chi connectivity index (χ2v) is 11.5. The summed E-state index contributed by atoms with van der Waals surface area (Å²) in [5.74, 6) is 0.731. The zero-order valence-corrected chi connectivity index (χ0v) is 25.7. The first-order valence-corrected chi connectivity index (χ1v) is 15.7. The standard InChI is InChI=1S/C42H35N3/c1-3-42(4-2,35-24-20-30(21-25-35)37-19-11-17-33-18-12-28-43-40(33)37)36-26-22-32(23-27-36)39-29-38(31-13-7-5-8-14-31)44-41(45-39)34-15-9-6-10-16-34/h5-29H,3-4H2,1-2H3. The lowest BCUT2D eigenvalue weighted by molar-refractivity contribution is 0.478. The van der Waals surface area contributed by atoms with E-state index in [1.54, 1.807) is 0 Å². The van der Waals surface area contributed by atoms with Gasteiger partial charge in [0.2, 0.25) is 0 Å². The molecule has 3 heteroatoms. The van der Waals surface area contributed by atoms with Crippen LogP contribution in [0.2, 0.25) is 0 Å². The summed E-state index contributed by atoms with van der Waals surface area (Å²) in [6.45, 7) is 4.59. The van der Waals surface area contributed by atoms with Crippen LogP contribution in [0.15, 0.2) is 152 Å². The number of fused-ring (bicyclic) bond motifs is 1. The van der Waals surface area contributed by atoms with Crippen LogP contribution in [0.4, 0.5) is 0 Å². The summed E-state index contributed by atoms with van der Waals surface area (Å²) in [5.41, 5.74) is 10.9. The zero-order chi connectivity index (χ0) is 30.6. The number of nitrogens with zero attached hydrogens (tertiary/aromatic N) is 3. The van der Waals surface area contributed by atoms with Gasteiger partial charge in [-0.15, -0.1) is 0 Å². The summed E-state index contributed by atoms with van der Waals surface area (Å²) >= 11 is 0. The van der Waals surface area contributed by atoms with Gasteiger partial charge in [-0.25, -0.2) is 9.97 Å². The fourth-order valence-corrected chi connectivity index (χ4v) is 6.57. The van der Waals surface area contributed by atoms with E-state index in [2.05, 4.69) is 134 Å². The molecule has 7 aromatic rings. The Hall–Kier alpha value is -5.41. The van der Waals surface area contributed by atoms with Crippen LogP contribution in [0.25, 0.3) is 55.9 Å². The highest BCUT2D eigenvalue weighted by atomic mass is 14.9. The smallest absolute Gasteiger partial charge is 0.160 e. The summed E-state index contributed by atoms with van der Waals surface area (Å²) in [4.78, 5) is 14.7. The van der Waals surface area contributed by atoms with Crippen molar-refractivity contribution in [3.63, 3.8) is 0 Å². The van der Waals surface area contributed by atoms with E-state index < -0.39 is 0 Å². The van der Waals surface area contributed by atoms with Gasteiger partial charge in [0.15, 0.2) is 5.82 Å². The van der Waals surface area contributed by atoms with Crippen LogP contribution in [-0.2, 0) is 5.41 Å². The largest absolute Gasteiger partial charge is 0.256 e. The Labute approximate surface area is 265 Å². The minimum Gasteiger partial charge on any atom is -0.256 e. The lowest BCUT2D eigenvalue weighted by atomic mass is 9.70. The number of rotatable bonds is 8. The highest BCUT2D eigenvalue weighted by Crippen LogP contribution is 2.41. The molecule has 0 N–H and O–H groups in total. The molecule has 0 fully saturated rings. The third-order valence-corrected chi connectivity index (χ3v) is 9.15. The van der Waals surface area contributed by atoms with Crippen molar-refractivity contribution in [3.8, 4) is 45.0 Å². The summed E-state index contributed by atoms with van der Waals surface area (Å²) in [6, 6.07) is 51.3. The molecule has 2 aromatic heterocycles. The molecule has 0 bridgehead atoms. The van der Waals surface area contributed by atoms with Crippen LogP contribution < -0.4 is 0 Å². The van der Waals surface area contributed by atoms with Crippen molar-refractivity contribution in [2.45, 2.75) is 32.1 Å². The lowest BCUT2D eigenvalue weighted by Gasteiger charge is -2.33. The Morgan fingerprint density at radius 3 is 1.62 bits per heavy atom. The van der Waals surface area contributed by atoms with Crippen LogP contribution >= 0.6 is 0 Å². The van der Waals surface area contributed by atoms with Crippen LogP contribution in [0.3, 0.4) is 0 Å². The second kappa shape index (κ2) is 12.3. The van der Waals surface area contributed by atoms with Crippen LogP contribution in [0, 0.1) is 0 Å². The lowest BCUT2D eigenvalue weighted by Crippen LogP contribution is -2.26. The summed E-state index contributed by atoms with van der Waals surface area (Å²) in [6.07, 6.45) is 3.87. The number of hydrogen-bond acceptors (Lipinski definition) is 3. The first-order valence-electron chi connectivity index (χ1n) is 15.7. The van der Waals surface area contributed by atoms with E-state index in [4.69, 9.17) is 9.97 Å². The van der Waals surface area contributed by atoms with Crippen LogP contribution in [-0.4, -0.2) is 15.0 Å². The molecule has 3 nitrogen and oxygen atoms in total. The van der Waals surface area contributed by atoms with Crippen molar-refractivity contribution in [1.82, 2.24) is 15.0 Å². The first kappa shape index (κ1) is 28.4. The minimum absolute atomic E-state index is 0.0931. The summed E-state index contributed by atoms with van der Waals surface area (Å²) in [7, 11) is 0. The van der Waals surface area contributed by atoms with E-state index in [9.17, 15) is 0 Å². The topological polar surface area (TPSA) is 38.7 Å². The van der Waals surface area contributed by atoms with E-state index in [0.29, 0.717) is 0 Å². The van der Waals surface area contributed by atoms with Gasteiger partial charge in [0, 0.05) is 39.3 Å². The van der Waals surface area contributed by atoms with Crippen molar-refractivity contribution in [2.75, 3.05) is 0 Å². The molecule has 0 unspecified atom stereocenters. The van der Waals surface area contributed by atoms with Gasteiger partial charge in [-0.1, -0.05) is 147 Å². The molecular weight excluding hydrogens is 546 g/mol. The van der Waals surface area contributed by atoms with Gasteiger partial charge in [0.25, 0.3) is 0 Å². The Morgan fingerprint density at radius 2 is 1.02 bits per heavy atom. The van der Waals surface area contributed by atoms with Crippen molar-refractivity contribution < 1.29 is 0 Å². The molecule has 0 saturated heterocycles. The highest BCUT2D eigenvalue weighted by molar-refractivity contribution is 5.93. The molecule has 0 atom stereocenters. The van der Waals surface area contributed by atoms with Crippen LogP contribution in [0.1, 0.15) is 37.8 Å². The molecule has 0 aliphatic rings. The Balaban J connectivity index is 1.25. The van der Waals surface area contributed by atoms with Gasteiger partial charge in [-0.3, -0.25) is 4.98 Å². The number of benzene rings is 5. The quantitative estimate of drug-likeness (QED) is 0.179. The first-order chi connectivity index (χ1) is 22.2. The summed E-state index contributed by atoms with van der Waals surface area (Å²) < 4.78 is 0.